The molecule has 1 unspecified atom stereocenters. The number of likely N-dealkylation sites (tertiary alicyclic amines) is 1. The fourth-order valence-corrected chi connectivity index (χ4v) is 1.66. The highest BCUT2D eigenvalue weighted by Gasteiger charge is 2.34. The van der Waals surface area contributed by atoms with Crippen LogP contribution < -0.4 is 0 Å². The van der Waals surface area contributed by atoms with Crippen molar-refractivity contribution >= 4 is 11.9 Å². The second kappa shape index (κ2) is 8.13. The molecule has 0 aliphatic carbocycles. The minimum absolute atomic E-state index is 0.0776. The first-order valence-corrected chi connectivity index (χ1v) is 6.04. The van der Waals surface area contributed by atoms with Crippen molar-refractivity contribution in [3.63, 3.8) is 0 Å². The normalized spacial score (nSPS) is 19.1. The number of methoxy groups -OCH3 is 1. The summed E-state index contributed by atoms with van der Waals surface area (Å²) in [6, 6.07) is 0. The predicted molar refractivity (Wildman–Crippen MR) is 63.0 cm³/mol. The summed E-state index contributed by atoms with van der Waals surface area (Å²) in [6.45, 7) is 7.38. The van der Waals surface area contributed by atoms with Gasteiger partial charge in [0.1, 0.15) is 0 Å². The fraction of sp³-hybridized carbons (Fsp3) is 0.833. The Labute approximate surface area is 98.0 Å². The average molecular weight is 229 g/mol. The van der Waals surface area contributed by atoms with Crippen LogP contribution in [0.4, 0.5) is 0 Å². The molecule has 0 spiro atoms. The van der Waals surface area contributed by atoms with E-state index in [0.29, 0.717) is 13.0 Å². The van der Waals surface area contributed by atoms with Crippen LogP contribution in [0, 0.1) is 5.92 Å². The lowest BCUT2D eigenvalue weighted by Gasteiger charge is -2.15. The first-order chi connectivity index (χ1) is 7.69. The first kappa shape index (κ1) is 14.9. The zero-order valence-corrected chi connectivity index (χ0v) is 10.8. The largest absolute Gasteiger partial charge is 0.469 e. The lowest BCUT2D eigenvalue weighted by atomic mass is 10.1. The van der Waals surface area contributed by atoms with Gasteiger partial charge in [0.2, 0.25) is 5.91 Å². The first-order valence-electron chi connectivity index (χ1n) is 6.04. The average Bonchev–Trinajstić information content (AvgIpc) is 2.69. The summed E-state index contributed by atoms with van der Waals surface area (Å²) < 4.78 is 4.62. The van der Waals surface area contributed by atoms with Crippen LogP contribution in [-0.4, -0.2) is 37.0 Å². The molecular formula is C12H23NO3. The van der Waals surface area contributed by atoms with Crippen LogP contribution in [0.25, 0.3) is 0 Å². The van der Waals surface area contributed by atoms with Gasteiger partial charge in [-0.2, -0.15) is 0 Å². The molecule has 0 bridgehead atoms. The molecule has 16 heavy (non-hydrogen) atoms. The molecule has 0 aromatic heterocycles. The Morgan fingerprint density at radius 1 is 1.50 bits per heavy atom. The summed E-state index contributed by atoms with van der Waals surface area (Å²) in [7, 11) is 1.36. The minimum Gasteiger partial charge on any atom is -0.469 e. The molecular weight excluding hydrogens is 206 g/mol. The predicted octanol–water partition coefficient (Wildman–Crippen LogP) is 1.83. The zero-order chi connectivity index (χ0) is 12.6. The van der Waals surface area contributed by atoms with Crippen molar-refractivity contribution in [2.24, 2.45) is 5.92 Å². The Hall–Kier alpha value is -1.06. The molecule has 1 atom stereocenters. The van der Waals surface area contributed by atoms with Crippen molar-refractivity contribution in [1.82, 2.24) is 4.90 Å². The monoisotopic (exact) mass is 229 g/mol. The number of amides is 1. The van der Waals surface area contributed by atoms with E-state index in [1.807, 2.05) is 13.8 Å². The number of carbonyl (C=O) groups excluding carboxylic acids is 2. The van der Waals surface area contributed by atoms with Gasteiger partial charge in [0.15, 0.2) is 0 Å². The highest BCUT2D eigenvalue weighted by molar-refractivity contribution is 5.86. The summed E-state index contributed by atoms with van der Waals surface area (Å²) in [5, 5.41) is 0. The SMILES string of the molecule is CC.CCCCN1CC(C(=O)OC)CC1=O. The molecule has 0 saturated carbocycles. The van der Waals surface area contributed by atoms with Crippen LogP contribution in [0.3, 0.4) is 0 Å². The van der Waals surface area contributed by atoms with Gasteiger partial charge in [0.05, 0.1) is 13.0 Å². The van der Waals surface area contributed by atoms with Crippen molar-refractivity contribution in [2.45, 2.75) is 40.0 Å². The van der Waals surface area contributed by atoms with Crippen LogP contribution in [0.5, 0.6) is 0 Å². The molecule has 1 amide bonds. The standard InChI is InChI=1S/C10H17NO3.C2H6/c1-3-4-5-11-7-8(6-9(11)12)10(13)14-2;1-2/h8H,3-7H2,1-2H3;1-2H3. The van der Waals surface area contributed by atoms with Gasteiger partial charge in [0, 0.05) is 19.5 Å². The highest BCUT2D eigenvalue weighted by Crippen LogP contribution is 2.19. The molecule has 0 aromatic rings. The van der Waals surface area contributed by atoms with E-state index >= 15 is 0 Å². The third-order valence-corrected chi connectivity index (χ3v) is 2.53. The summed E-state index contributed by atoms with van der Waals surface area (Å²) in [5.41, 5.74) is 0. The van der Waals surface area contributed by atoms with Gasteiger partial charge in [-0.3, -0.25) is 9.59 Å². The third kappa shape index (κ3) is 4.21. The Bertz CT molecular complexity index is 228. The van der Waals surface area contributed by atoms with Crippen LogP contribution in [0.2, 0.25) is 0 Å². The van der Waals surface area contributed by atoms with E-state index in [4.69, 9.17) is 0 Å². The summed E-state index contributed by atoms with van der Waals surface area (Å²) in [6.07, 6.45) is 2.38. The number of nitrogens with zero attached hydrogens (tertiary/aromatic N) is 1. The van der Waals surface area contributed by atoms with Crippen LogP contribution >= 0.6 is 0 Å². The molecule has 1 fully saturated rings. The lowest BCUT2D eigenvalue weighted by Crippen LogP contribution is -2.27. The maximum absolute atomic E-state index is 11.4. The van der Waals surface area contributed by atoms with Crippen molar-refractivity contribution < 1.29 is 14.3 Å². The van der Waals surface area contributed by atoms with E-state index in [9.17, 15) is 9.59 Å². The molecule has 0 aromatic carbocycles. The number of ether oxygens (including phenoxy) is 1. The molecule has 1 rings (SSSR count). The molecule has 1 saturated heterocycles. The zero-order valence-electron chi connectivity index (χ0n) is 10.8. The number of hydrogen-bond acceptors (Lipinski definition) is 3. The fourth-order valence-electron chi connectivity index (χ4n) is 1.66. The van der Waals surface area contributed by atoms with Gasteiger partial charge >= 0.3 is 5.97 Å². The summed E-state index contributed by atoms with van der Waals surface area (Å²) >= 11 is 0. The molecule has 4 nitrogen and oxygen atoms in total. The Kier molecular flexibility index (Phi) is 7.60. The second-order valence-electron chi connectivity index (χ2n) is 3.62. The lowest BCUT2D eigenvalue weighted by molar-refractivity contribution is -0.145. The van der Waals surface area contributed by atoms with Gasteiger partial charge < -0.3 is 9.64 Å². The molecule has 0 N–H and O–H groups in total. The van der Waals surface area contributed by atoms with Crippen LogP contribution in [-0.2, 0) is 14.3 Å². The highest BCUT2D eigenvalue weighted by atomic mass is 16.5. The van der Waals surface area contributed by atoms with E-state index in [2.05, 4.69) is 11.7 Å². The molecule has 94 valence electrons. The summed E-state index contributed by atoms with van der Waals surface area (Å²) in [4.78, 5) is 24.4. The van der Waals surface area contributed by atoms with Gasteiger partial charge in [0.25, 0.3) is 0 Å². The van der Waals surface area contributed by atoms with Crippen molar-refractivity contribution in [2.75, 3.05) is 20.2 Å². The molecule has 1 heterocycles. The smallest absolute Gasteiger partial charge is 0.310 e. The van der Waals surface area contributed by atoms with E-state index < -0.39 is 0 Å². The van der Waals surface area contributed by atoms with Crippen molar-refractivity contribution in [1.29, 1.82) is 0 Å². The van der Waals surface area contributed by atoms with E-state index in [-0.39, 0.29) is 17.8 Å². The second-order valence-corrected chi connectivity index (χ2v) is 3.62. The van der Waals surface area contributed by atoms with Crippen LogP contribution in [0.15, 0.2) is 0 Å². The van der Waals surface area contributed by atoms with E-state index in [1.165, 1.54) is 7.11 Å². The topological polar surface area (TPSA) is 46.6 Å². The van der Waals surface area contributed by atoms with E-state index in [1.54, 1.807) is 4.90 Å². The summed E-state index contributed by atoms with van der Waals surface area (Å²) in [5.74, 6) is -0.435. The third-order valence-electron chi connectivity index (χ3n) is 2.53. The molecule has 1 aliphatic rings. The number of carbonyl (C=O) groups is 2. The van der Waals surface area contributed by atoms with Gasteiger partial charge in [-0.1, -0.05) is 27.2 Å². The Balaban J connectivity index is 0.00000106. The number of rotatable bonds is 4. The Morgan fingerprint density at radius 2 is 2.12 bits per heavy atom. The van der Waals surface area contributed by atoms with E-state index in [0.717, 1.165) is 19.4 Å². The van der Waals surface area contributed by atoms with Gasteiger partial charge in [-0.05, 0) is 6.42 Å². The maximum atomic E-state index is 11.4. The van der Waals surface area contributed by atoms with Crippen molar-refractivity contribution in [3.8, 4) is 0 Å². The van der Waals surface area contributed by atoms with Gasteiger partial charge in [-0.25, -0.2) is 0 Å². The molecule has 0 radical (unpaired) electrons. The minimum atomic E-state index is -0.266. The van der Waals surface area contributed by atoms with Crippen molar-refractivity contribution in [3.05, 3.63) is 0 Å². The number of unbranched alkanes of at least 4 members (excludes halogenated alkanes) is 1. The Morgan fingerprint density at radius 3 is 2.62 bits per heavy atom. The quantitative estimate of drug-likeness (QED) is 0.691. The number of hydrogen-bond donors (Lipinski definition) is 0. The number of esters is 1. The molecule has 1 aliphatic heterocycles. The van der Waals surface area contributed by atoms with Crippen LogP contribution in [0.1, 0.15) is 40.0 Å². The van der Waals surface area contributed by atoms with Gasteiger partial charge in [-0.15, -0.1) is 0 Å². The molecule has 4 heteroatoms. The maximum Gasteiger partial charge on any atom is 0.310 e.